The lowest BCUT2D eigenvalue weighted by Crippen LogP contribution is -2.03. The predicted octanol–water partition coefficient (Wildman–Crippen LogP) is 1.79. The van der Waals surface area contributed by atoms with E-state index in [2.05, 4.69) is 9.72 Å². The number of halogens is 1. The highest BCUT2D eigenvalue weighted by atomic mass is 32.1. The van der Waals surface area contributed by atoms with Crippen molar-refractivity contribution in [3.63, 3.8) is 0 Å². The third kappa shape index (κ3) is 2.01. The van der Waals surface area contributed by atoms with Gasteiger partial charge in [-0.1, -0.05) is 0 Å². The molecule has 0 saturated carbocycles. The molecule has 1 aromatic heterocycles. The van der Waals surface area contributed by atoms with Gasteiger partial charge in [-0.15, -0.1) is 11.3 Å². The van der Waals surface area contributed by atoms with Crippen LogP contribution in [0, 0.1) is 0 Å². The fraction of sp³-hybridized carbons (Fsp3) is 0.429. The van der Waals surface area contributed by atoms with Crippen molar-refractivity contribution in [1.82, 2.24) is 4.98 Å². The number of carbonyl (C=O) groups excluding carboxylic acids is 1. The van der Waals surface area contributed by atoms with Crippen LogP contribution in [-0.2, 0) is 11.4 Å². The molecule has 3 nitrogen and oxygen atoms in total. The van der Waals surface area contributed by atoms with Crippen molar-refractivity contribution in [2.75, 3.05) is 6.61 Å². The molecule has 0 unspecified atom stereocenters. The Morgan fingerprint density at radius 2 is 2.58 bits per heavy atom. The molecule has 0 fully saturated rings. The van der Waals surface area contributed by atoms with Crippen LogP contribution in [0.4, 0.5) is 4.39 Å². The van der Waals surface area contributed by atoms with E-state index in [1.54, 1.807) is 6.92 Å². The van der Waals surface area contributed by atoms with E-state index in [1.165, 1.54) is 5.38 Å². The lowest BCUT2D eigenvalue weighted by atomic mass is 10.5. The molecular formula is C7H8FNO2S. The largest absolute Gasteiger partial charge is 0.461 e. The van der Waals surface area contributed by atoms with Gasteiger partial charge in [0, 0.05) is 5.38 Å². The molecular weight excluding hydrogens is 181 g/mol. The molecule has 12 heavy (non-hydrogen) atoms. The summed E-state index contributed by atoms with van der Waals surface area (Å²) < 4.78 is 16.7. The van der Waals surface area contributed by atoms with Gasteiger partial charge in [0.1, 0.15) is 6.67 Å². The Bertz CT molecular complexity index is 274. The number of nitrogens with zero attached hydrogens (tertiary/aromatic N) is 1. The second-order valence-electron chi connectivity index (χ2n) is 2.00. The van der Waals surface area contributed by atoms with Crippen molar-refractivity contribution in [1.29, 1.82) is 0 Å². The van der Waals surface area contributed by atoms with Gasteiger partial charge >= 0.3 is 5.97 Å². The first-order valence-corrected chi connectivity index (χ1v) is 4.33. The zero-order valence-corrected chi connectivity index (χ0v) is 7.36. The SMILES string of the molecule is CCOC(=O)c1nc(CF)cs1. The molecule has 0 atom stereocenters. The predicted molar refractivity (Wildman–Crippen MR) is 42.9 cm³/mol. The first kappa shape index (κ1) is 9.12. The fourth-order valence-electron chi connectivity index (χ4n) is 0.655. The van der Waals surface area contributed by atoms with Crippen LogP contribution in [0.1, 0.15) is 22.4 Å². The number of aromatic nitrogens is 1. The topological polar surface area (TPSA) is 39.2 Å². The van der Waals surface area contributed by atoms with Gasteiger partial charge in [-0.25, -0.2) is 14.2 Å². The smallest absolute Gasteiger partial charge is 0.367 e. The van der Waals surface area contributed by atoms with Crippen molar-refractivity contribution in [2.24, 2.45) is 0 Å². The number of rotatable bonds is 3. The lowest BCUT2D eigenvalue weighted by Gasteiger charge is -1.95. The molecule has 1 rings (SSSR count). The zero-order valence-electron chi connectivity index (χ0n) is 6.54. The Morgan fingerprint density at radius 3 is 3.08 bits per heavy atom. The van der Waals surface area contributed by atoms with Gasteiger partial charge in [0.05, 0.1) is 12.3 Å². The minimum absolute atomic E-state index is 0.213. The number of alkyl halides is 1. The molecule has 0 aliphatic rings. The summed E-state index contributed by atoms with van der Waals surface area (Å²) in [6, 6.07) is 0. The second kappa shape index (κ2) is 4.15. The van der Waals surface area contributed by atoms with E-state index >= 15 is 0 Å². The highest BCUT2D eigenvalue weighted by molar-refractivity contribution is 7.11. The molecule has 1 aromatic rings. The molecule has 0 aromatic carbocycles. The van der Waals surface area contributed by atoms with Crippen LogP contribution in [0.15, 0.2) is 5.38 Å². The average Bonchev–Trinajstić information content (AvgIpc) is 2.52. The summed E-state index contributed by atoms with van der Waals surface area (Å²) in [5.74, 6) is -0.484. The Hall–Kier alpha value is -0.970. The van der Waals surface area contributed by atoms with Gasteiger partial charge in [0.25, 0.3) is 0 Å². The summed E-state index contributed by atoms with van der Waals surface area (Å²) in [5, 5.41) is 1.72. The molecule has 0 bridgehead atoms. The number of carbonyl (C=O) groups is 1. The standard InChI is InChI=1S/C7H8FNO2S/c1-2-11-7(10)6-9-5(3-8)4-12-6/h4H,2-3H2,1H3. The molecule has 1 heterocycles. The Kier molecular flexibility index (Phi) is 3.16. The third-order valence-corrected chi connectivity index (χ3v) is 2.01. The van der Waals surface area contributed by atoms with Gasteiger partial charge in [-0.05, 0) is 6.92 Å². The number of thiazole rings is 1. The summed E-state index contributed by atoms with van der Waals surface area (Å²) in [6.07, 6.45) is 0. The van der Waals surface area contributed by atoms with Crippen LogP contribution < -0.4 is 0 Å². The van der Waals surface area contributed by atoms with Crippen LogP contribution in [0.5, 0.6) is 0 Å². The first-order valence-electron chi connectivity index (χ1n) is 3.45. The van der Waals surface area contributed by atoms with Crippen molar-refractivity contribution in [3.05, 3.63) is 16.1 Å². The molecule has 0 spiro atoms. The van der Waals surface area contributed by atoms with Gasteiger partial charge in [-0.2, -0.15) is 0 Å². The molecule has 0 amide bonds. The maximum Gasteiger partial charge on any atom is 0.367 e. The maximum absolute atomic E-state index is 12.0. The van der Waals surface area contributed by atoms with Gasteiger partial charge in [-0.3, -0.25) is 0 Å². The Labute approximate surface area is 73.2 Å². The monoisotopic (exact) mass is 189 g/mol. The van der Waals surface area contributed by atoms with E-state index in [0.29, 0.717) is 6.61 Å². The highest BCUT2D eigenvalue weighted by Gasteiger charge is 2.11. The Balaban J connectivity index is 2.68. The number of hydrogen-bond acceptors (Lipinski definition) is 4. The van der Waals surface area contributed by atoms with E-state index < -0.39 is 12.6 Å². The summed E-state index contributed by atoms with van der Waals surface area (Å²) in [4.78, 5) is 14.7. The van der Waals surface area contributed by atoms with E-state index in [0.717, 1.165) is 11.3 Å². The summed E-state index contributed by atoms with van der Waals surface area (Å²) >= 11 is 1.10. The Morgan fingerprint density at radius 1 is 1.83 bits per heavy atom. The minimum atomic E-state index is -0.643. The van der Waals surface area contributed by atoms with Crippen molar-refractivity contribution in [2.45, 2.75) is 13.6 Å². The lowest BCUT2D eigenvalue weighted by molar-refractivity contribution is 0.0525. The van der Waals surface area contributed by atoms with Crippen LogP contribution in [0.25, 0.3) is 0 Å². The molecule has 0 N–H and O–H groups in total. The normalized spacial score (nSPS) is 9.83. The number of ether oxygens (including phenoxy) is 1. The van der Waals surface area contributed by atoms with Crippen molar-refractivity contribution < 1.29 is 13.9 Å². The average molecular weight is 189 g/mol. The van der Waals surface area contributed by atoms with E-state index in [1.807, 2.05) is 0 Å². The fourth-order valence-corrected chi connectivity index (χ4v) is 1.34. The van der Waals surface area contributed by atoms with Crippen LogP contribution in [0.3, 0.4) is 0 Å². The van der Waals surface area contributed by atoms with Crippen LogP contribution in [-0.4, -0.2) is 17.6 Å². The third-order valence-electron chi connectivity index (χ3n) is 1.14. The molecule has 0 aliphatic carbocycles. The highest BCUT2D eigenvalue weighted by Crippen LogP contribution is 2.11. The van der Waals surface area contributed by atoms with Crippen LogP contribution >= 0.6 is 11.3 Å². The maximum atomic E-state index is 12.0. The zero-order chi connectivity index (χ0) is 8.97. The summed E-state index contributed by atoms with van der Waals surface area (Å²) in [6.45, 7) is 1.38. The van der Waals surface area contributed by atoms with Crippen LogP contribution in [0.2, 0.25) is 0 Å². The summed E-state index contributed by atoms with van der Waals surface area (Å²) in [5.41, 5.74) is 0.281. The van der Waals surface area contributed by atoms with Gasteiger partial charge in [0.15, 0.2) is 0 Å². The molecule has 0 aliphatic heterocycles. The number of hydrogen-bond donors (Lipinski definition) is 0. The van der Waals surface area contributed by atoms with E-state index in [4.69, 9.17) is 0 Å². The van der Waals surface area contributed by atoms with E-state index in [-0.39, 0.29) is 10.7 Å². The molecule has 0 saturated heterocycles. The summed E-state index contributed by atoms with van der Waals surface area (Å²) in [7, 11) is 0. The molecule has 5 heteroatoms. The van der Waals surface area contributed by atoms with Gasteiger partial charge in [0.2, 0.25) is 5.01 Å². The van der Waals surface area contributed by atoms with Gasteiger partial charge < -0.3 is 4.74 Å². The number of esters is 1. The van der Waals surface area contributed by atoms with Crippen molar-refractivity contribution in [3.8, 4) is 0 Å². The quantitative estimate of drug-likeness (QED) is 0.680. The van der Waals surface area contributed by atoms with Crippen molar-refractivity contribution >= 4 is 17.3 Å². The minimum Gasteiger partial charge on any atom is -0.461 e. The second-order valence-corrected chi connectivity index (χ2v) is 2.86. The molecule has 0 radical (unpaired) electrons. The first-order chi connectivity index (χ1) is 5.77. The van der Waals surface area contributed by atoms with E-state index in [9.17, 15) is 9.18 Å². The molecule has 66 valence electrons.